The highest BCUT2D eigenvalue weighted by Crippen LogP contribution is 2.29. The van der Waals surface area contributed by atoms with Gasteiger partial charge in [0.25, 0.3) is 0 Å². The van der Waals surface area contributed by atoms with E-state index in [4.69, 9.17) is 5.11 Å². The summed E-state index contributed by atoms with van der Waals surface area (Å²) in [5.74, 6) is 0.0763. The van der Waals surface area contributed by atoms with Crippen molar-refractivity contribution in [1.29, 1.82) is 0 Å². The van der Waals surface area contributed by atoms with Crippen molar-refractivity contribution in [3.05, 3.63) is 29.6 Å². The third kappa shape index (κ3) is 3.83. The van der Waals surface area contributed by atoms with Gasteiger partial charge in [-0.3, -0.25) is 0 Å². The van der Waals surface area contributed by atoms with Crippen molar-refractivity contribution < 1.29 is 23.1 Å². The van der Waals surface area contributed by atoms with Crippen LogP contribution in [0, 0.1) is 5.92 Å². The minimum atomic E-state index is -4.50. The predicted octanol–water partition coefficient (Wildman–Crippen LogP) is 1.28. The second-order valence-electron chi connectivity index (χ2n) is 4.62. The molecule has 8 heteroatoms. The molecule has 0 bridgehead atoms. The fraction of sp³-hybridized carbons (Fsp3) is 0.500. The van der Waals surface area contributed by atoms with E-state index in [9.17, 15) is 18.0 Å². The molecular formula is C12H14F3N3O2. The van der Waals surface area contributed by atoms with Gasteiger partial charge in [-0.2, -0.15) is 13.2 Å². The summed E-state index contributed by atoms with van der Waals surface area (Å²) < 4.78 is 37.3. The smallest absolute Gasteiger partial charge is 0.396 e. The van der Waals surface area contributed by atoms with E-state index in [0.29, 0.717) is 6.42 Å². The summed E-state index contributed by atoms with van der Waals surface area (Å²) >= 11 is 0. The fourth-order valence-corrected chi connectivity index (χ4v) is 1.75. The van der Waals surface area contributed by atoms with Crippen LogP contribution in [0.3, 0.4) is 0 Å². The quantitative estimate of drug-likeness (QED) is 0.781. The molecule has 1 aliphatic rings. The van der Waals surface area contributed by atoms with E-state index < -0.39 is 17.9 Å². The van der Waals surface area contributed by atoms with Crippen molar-refractivity contribution in [2.45, 2.75) is 25.2 Å². The molecule has 1 saturated carbocycles. The lowest BCUT2D eigenvalue weighted by molar-refractivity contribution is -0.141. The first kappa shape index (κ1) is 14.6. The Bertz CT molecular complexity index is 493. The minimum Gasteiger partial charge on any atom is -0.396 e. The molecule has 1 aliphatic carbocycles. The molecule has 20 heavy (non-hydrogen) atoms. The monoisotopic (exact) mass is 289 g/mol. The lowest BCUT2D eigenvalue weighted by Gasteiger charge is -2.09. The molecular weight excluding hydrogens is 275 g/mol. The number of aliphatic hydroxyl groups excluding tert-OH is 1. The molecule has 2 rings (SSSR count). The zero-order valence-electron chi connectivity index (χ0n) is 10.4. The molecule has 0 saturated heterocycles. The molecule has 3 N–H and O–H groups in total. The third-order valence-electron chi connectivity index (χ3n) is 3.00. The van der Waals surface area contributed by atoms with Gasteiger partial charge in [-0.05, 0) is 18.6 Å². The number of aromatic nitrogens is 1. The fourth-order valence-electron chi connectivity index (χ4n) is 1.75. The number of carbonyl (C=O) groups excluding carboxylic acids is 1. The summed E-state index contributed by atoms with van der Waals surface area (Å²) in [4.78, 5) is 14.9. The molecule has 0 aliphatic heterocycles. The van der Waals surface area contributed by atoms with Gasteiger partial charge in [0.15, 0.2) is 0 Å². The summed E-state index contributed by atoms with van der Waals surface area (Å²) in [5.41, 5.74) is -0.857. The molecule has 1 aromatic rings. The molecule has 5 nitrogen and oxygen atoms in total. The second-order valence-corrected chi connectivity index (χ2v) is 4.62. The summed E-state index contributed by atoms with van der Waals surface area (Å²) in [6, 6.07) is 2.98. The van der Waals surface area contributed by atoms with Crippen molar-refractivity contribution in [3.63, 3.8) is 0 Å². The van der Waals surface area contributed by atoms with Crippen molar-refractivity contribution in [2.24, 2.45) is 5.92 Å². The Morgan fingerprint density at radius 3 is 2.80 bits per heavy atom. The van der Waals surface area contributed by atoms with Crippen molar-refractivity contribution in [2.75, 3.05) is 6.61 Å². The number of amides is 2. The highest BCUT2D eigenvalue weighted by molar-refractivity contribution is 5.74. The van der Waals surface area contributed by atoms with Gasteiger partial charge in [0.05, 0.1) is 12.2 Å². The number of hydrogen-bond donors (Lipinski definition) is 3. The van der Waals surface area contributed by atoms with Gasteiger partial charge >= 0.3 is 12.2 Å². The standard InChI is InChI=1S/C12H14F3N3O2/c13-12(14,15)10-3-1-2-8(17-10)5-16-11(20)18-9-4-7(9)6-19/h1-3,7,9,19H,4-6H2,(H2,16,18,20)/t7-,9+/m0/s1. The van der Waals surface area contributed by atoms with Crippen LogP contribution in [0.4, 0.5) is 18.0 Å². The number of hydrogen-bond acceptors (Lipinski definition) is 3. The van der Waals surface area contributed by atoms with Crippen LogP contribution >= 0.6 is 0 Å². The predicted molar refractivity (Wildman–Crippen MR) is 63.6 cm³/mol. The van der Waals surface area contributed by atoms with E-state index >= 15 is 0 Å². The minimum absolute atomic E-state index is 0.0140. The normalized spacial score (nSPS) is 21.4. The molecule has 1 heterocycles. The van der Waals surface area contributed by atoms with Crippen molar-refractivity contribution >= 4 is 6.03 Å². The molecule has 2 amide bonds. The first-order valence-corrected chi connectivity index (χ1v) is 6.08. The molecule has 1 aromatic heterocycles. The molecule has 110 valence electrons. The van der Waals surface area contributed by atoms with E-state index in [1.54, 1.807) is 0 Å². The Morgan fingerprint density at radius 1 is 1.45 bits per heavy atom. The summed E-state index contributed by atoms with van der Waals surface area (Å²) in [6.07, 6.45) is -3.79. The summed E-state index contributed by atoms with van der Waals surface area (Å²) in [5, 5.41) is 13.9. The lowest BCUT2D eigenvalue weighted by Crippen LogP contribution is -2.37. The maximum Gasteiger partial charge on any atom is 0.433 e. The summed E-state index contributed by atoms with van der Waals surface area (Å²) in [6.45, 7) is -0.0770. The van der Waals surface area contributed by atoms with Gasteiger partial charge in [0.1, 0.15) is 5.69 Å². The number of urea groups is 1. The van der Waals surface area contributed by atoms with Crippen molar-refractivity contribution in [3.8, 4) is 0 Å². The van der Waals surface area contributed by atoms with E-state index in [1.807, 2.05) is 0 Å². The number of nitrogens with zero attached hydrogens (tertiary/aromatic N) is 1. The van der Waals surface area contributed by atoms with E-state index in [-0.39, 0.29) is 30.8 Å². The van der Waals surface area contributed by atoms with Crippen LogP contribution in [-0.2, 0) is 12.7 Å². The van der Waals surface area contributed by atoms with Gasteiger partial charge < -0.3 is 15.7 Å². The Morgan fingerprint density at radius 2 is 2.20 bits per heavy atom. The Hall–Kier alpha value is -1.83. The SMILES string of the molecule is O=C(NCc1cccc(C(F)(F)F)n1)N[C@@H]1C[C@H]1CO. The average Bonchev–Trinajstić information content (AvgIpc) is 3.14. The van der Waals surface area contributed by atoms with Gasteiger partial charge in [-0.1, -0.05) is 6.07 Å². The number of aliphatic hydroxyl groups is 1. The van der Waals surface area contributed by atoms with E-state index in [0.717, 1.165) is 6.07 Å². The molecule has 0 unspecified atom stereocenters. The Kier molecular flexibility index (Phi) is 4.12. The lowest BCUT2D eigenvalue weighted by atomic mass is 10.3. The van der Waals surface area contributed by atoms with Gasteiger partial charge in [-0.25, -0.2) is 9.78 Å². The number of pyridine rings is 1. The largest absolute Gasteiger partial charge is 0.433 e. The Balaban J connectivity index is 1.83. The number of carbonyl (C=O) groups is 1. The molecule has 0 aromatic carbocycles. The first-order chi connectivity index (χ1) is 9.40. The van der Waals surface area contributed by atoms with Crippen LogP contribution < -0.4 is 10.6 Å². The zero-order valence-corrected chi connectivity index (χ0v) is 10.4. The van der Waals surface area contributed by atoms with Crippen LogP contribution in [0.2, 0.25) is 0 Å². The maximum absolute atomic E-state index is 12.4. The summed E-state index contributed by atoms with van der Waals surface area (Å²) in [7, 11) is 0. The maximum atomic E-state index is 12.4. The topological polar surface area (TPSA) is 74.2 Å². The van der Waals surface area contributed by atoms with Crippen LogP contribution in [0.1, 0.15) is 17.8 Å². The number of nitrogens with one attached hydrogen (secondary N) is 2. The van der Waals surface area contributed by atoms with Crippen LogP contribution in [0.15, 0.2) is 18.2 Å². The van der Waals surface area contributed by atoms with Crippen LogP contribution in [-0.4, -0.2) is 28.8 Å². The third-order valence-corrected chi connectivity index (χ3v) is 3.00. The highest BCUT2D eigenvalue weighted by Gasteiger charge is 2.37. The molecule has 2 atom stereocenters. The van der Waals surface area contributed by atoms with Gasteiger partial charge in [0.2, 0.25) is 0 Å². The van der Waals surface area contributed by atoms with Gasteiger partial charge in [0, 0.05) is 18.6 Å². The van der Waals surface area contributed by atoms with Crippen LogP contribution in [0.25, 0.3) is 0 Å². The average molecular weight is 289 g/mol. The Labute approximate surface area is 113 Å². The molecule has 0 radical (unpaired) electrons. The van der Waals surface area contributed by atoms with Crippen LogP contribution in [0.5, 0.6) is 0 Å². The number of halogens is 3. The van der Waals surface area contributed by atoms with Crippen molar-refractivity contribution in [1.82, 2.24) is 15.6 Å². The van der Waals surface area contributed by atoms with E-state index in [1.165, 1.54) is 12.1 Å². The molecule has 0 spiro atoms. The van der Waals surface area contributed by atoms with Gasteiger partial charge in [-0.15, -0.1) is 0 Å². The molecule has 1 fully saturated rings. The first-order valence-electron chi connectivity index (χ1n) is 6.08. The number of rotatable bonds is 4. The zero-order chi connectivity index (χ0) is 14.8. The highest BCUT2D eigenvalue weighted by atomic mass is 19.4. The second kappa shape index (κ2) is 5.66. The van der Waals surface area contributed by atoms with E-state index in [2.05, 4.69) is 15.6 Å². The number of alkyl halides is 3.